The standard InChI is InChI=1S/C65H39N3S3/c1-65(2)50-20-10-6-16-41(50)42-28-24-38(33-51(42)65)37-25-30-45-49(32-37)62-58(47-18-8-12-22-53(47)70-62)57-46-17-7-11-21-52(46)68(61(45)57)40-27-31-44-43-29-26-39(34-55(43)69-56(44)35-40)59-63-60(48-19-9-13-23-54(48)71-63)67-64(66-59)36-14-4-3-5-15-36/h3-35H,1-2H3. The zero-order valence-electron chi connectivity index (χ0n) is 38.6. The molecule has 16 rings (SSSR count). The van der Waals surface area contributed by atoms with Crippen molar-refractivity contribution in [1.29, 1.82) is 0 Å². The fraction of sp³-hybridized carbons (Fsp3) is 0.0462. The van der Waals surface area contributed by atoms with Gasteiger partial charge in [0.25, 0.3) is 0 Å². The van der Waals surface area contributed by atoms with Gasteiger partial charge in [-0.1, -0.05) is 166 Å². The molecule has 0 bridgehead atoms. The first-order valence-electron chi connectivity index (χ1n) is 24.2. The largest absolute Gasteiger partial charge is 0.309 e. The molecule has 0 radical (unpaired) electrons. The van der Waals surface area contributed by atoms with Crippen molar-refractivity contribution >= 4 is 127 Å². The maximum absolute atomic E-state index is 5.32. The van der Waals surface area contributed by atoms with Crippen LogP contribution in [-0.4, -0.2) is 14.5 Å². The Labute approximate surface area is 420 Å². The molecule has 0 atom stereocenters. The number of para-hydroxylation sites is 1. The van der Waals surface area contributed by atoms with Crippen LogP contribution in [0.5, 0.6) is 0 Å². The monoisotopic (exact) mass is 957 g/mol. The molecule has 5 heterocycles. The second-order valence-electron chi connectivity index (χ2n) is 19.6. The molecule has 0 amide bonds. The molecular weight excluding hydrogens is 919 g/mol. The summed E-state index contributed by atoms with van der Waals surface area (Å²) in [5.41, 5.74) is 15.7. The van der Waals surface area contributed by atoms with Gasteiger partial charge >= 0.3 is 0 Å². The number of hydrogen-bond acceptors (Lipinski definition) is 5. The Bertz CT molecular complexity index is 4800. The molecule has 1 aliphatic rings. The highest BCUT2D eigenvalue weighted by atomic mass is 32.1. The number of benzene rings is 10. The Kier molecular flexibility index (Phi) is 8.15. The third-order valence-electron chi connectivity index (χ3n) is 15.4. The summed E-state index contributed by atoms with van der Waals surface area (Å²) in [6.07, 6.45) is 0. The first-order valence-corrected chi connectivity index (χ1v) is 26.7. The summed E-state index contributed by atoms with van der Waals surface area (Å²) in [5, 5.41) is 11.5. The third-order valence-corrected chi connectivity index (χ3v) is 18.9. The minimum atomic E-state index is -0.0712. The fourth-order valence-corrected chi connectivity index (χ4v) is 15.6. The number of hydrogen-bond donors (Lipinski definition) is 0. The number of rotatable bonds is 4. The van der Waals surface area contributed by atoms with Gasteiger partial charge in [-0.2, -0.15) is 0 Å². The molecule has 0 aliphatic heterocycles. The average Bonchev–Trinajstić information content (AvgIpc) is 4.23. The SMILES string of the molecule is CC1(C)c2ccccc2-c2ccc(-c3ccc4c(c3)c3sc5ccccc5c3c3c5ccccc5n(-c5ccc6c(c5)sc5cc(-c7nc(-c8ccccc8)nc8c7sc7ccccc78)ccc56)c43)cc21. The average molecular weight is 958 g/mol. The maximum atomic E-state index is 5.32. The molecule has 6 heteroatoms. The molecule has 3 nitrogen and oxygen atoms in total. The fourth-order valence-electron chi connectivity index (χ4n) is 12.1. The van der Waals surface area contributed by atoms with Gasteiger partial charge in [-0.15, -0.1) is 34.0 Å². The molecule has 0 fully saturated rings. The van der Waals surface area contributed by atoms with E-state index in [9.17, 15) is 0 Å². The van der Waals surface area contributed by atoms with Crippen molar-refractivity contribution in [3.05, 3.63) is 211 Å². The van der Waals surface area contributed by atoms with Crippen molar-refractivity contribution in [3.8, 4) is 50.6 Å². The van der Waals surface area contributed by atoms with E-state index in [1.165, 1.54) is 116 Å². The Morgan fingerprint density at radius 3 is 1.92 bits per heavy atom. The first kappa shape index (κ1) is 39.8. The summed E-state index contributed by atoms with van der Waals surface area (Å²) in [6.45, 7) is 4.74. The van der Waals surface area contributed by atoms with Gasteiger partial charge in [-0.3, -0.25) is 0 Å². The van der Waals surface area contributed by atoms with Crippen molar-refractivity contribution in [1.82, 2.24) is 14.5 Å². The number of aromatic nitrogens is 3. The quantitative estimate of drug-likeness (QED) is 0.176. The normalized spacial score (nSPS) is 13.3. The molecule has 0 saturated carbocycles. The van der Waals surface area contributed by atoms with Crippen molar-refractivity contribution in [2.75, 3.05) is 0 Å². The summed E-state index contributed by atoms with van der Waals surface area (Å²) < 4.78 is 10.1. The van der Waals surface area contributed by atoms with Gasteiger partial charge < -0.3 is 4.57 Å². The zero-order chi connectivity index (χ0) is 46.7. The molecule has 10 aromatic carbocycles. The highest BCUT2D eigenvalue weighted by molar-refractivity contribution is 7.27. The summed E-state index contributed by atoms with van der Waals surface area (Å²) in [5.74, 6) is 0.749. The van der Waals surface area contributed by atoms with Gasteiger partial charge in [0.1, 0.15) is 0 Å². The van der Waals surface area contributed by atoms with Crippen LogP contribution in [0.4, 0.5) is 0 Å². The summed E-state index contributed by atoms with van der Waals surface area (Å²) >= 11 is 5.57. The minimum absolute atomic E-state index is 0.0712. The lowest BCUT2D eigenvalue weighted by atomic mass is 9.81. The topological polar surface area (TPSA) is 30.7 Å². The van der Waals surface area contributed by atoms with E-state index in [1.807, 2.05) is 28.7 Å². The second kappa shape index (κ2) is 14.5. The van der Waals surface area contributed by atoms with Crippen LogP contribution in [0.15, 0.2) is 200 Å². The van der Waals surface area contributed by atoms with E-state index in [1.54, 1.807) is 11.3 Å². The van der Waals surface area contributed by atoms with Crippen molar-refractivity contribution in [2.24, 2.45) is 0 Å². The number of nitrogens with zero attached hydrogens (tertiary/aromatic N) is 3. The smallest absolute Gasteiger partial charge is 0.160 e. The lowest BCUT2D eigenvalue weighted by Crippen LogP contribution is -2.14. The van der Waals surface area contributed by atoms with Crippen molar-refractivity contribution in [3.63, 3.8) is 0 Å². The van der Waals surface area contributed by atoms with Crippen LogP contribution in [0, 0.1) is 0 Å². The highest BCUT2D eigenvalue weighted by Gasteiger charge is 2.35. The van der Waals surface area contributed by atoms with E-state index in [4.69, 9.17) is 9.97 Å². The predicted octanol–water partition coefficient (Wildman–Crippen LogP) is 19.1. The van der Waals surface area contributed by atoms with Crippen LogP contribution in [0.25, 0.3) is 144 Å². The third kappa shape index (κ3) is 5.58. The molecule has 1 aliphatic carbocycles. The van der Waals surface area contributed by atoms with Crippen molar-refractivity contribution in [2.45, 2.75) is 19.3 Å². The number of thiophene rings is 3. The molecule has 0 unspecified atom stereocenters. The molecule has 0 saturated heterocycles. The summed E-state index contributed by atoms with van der Waals surface area (Å²) in [7, 11) is 0. The Balaban J connectivity index is 0.903. The molecule has 5 aromatic heterocycles. The first-order chi connectivity index (χ1) is 34.9. The lowest BCUT2D eigenvalue weighted by Gasteiger charge is -2.22. The van der Waals surface area contributed by atoms with Crippen LogP contribution in [0.2, 0.25) is 0 Å². The van der Waals surface area contributed by atoms with Gasteiger partial charge in [-0.05, 0) is 81.9 Å². The van der Waals surface area contributed by atoms with Crippen LogP contribution >= 0.6 is 34.0 Å². The number of fused-ring (bicyclic) bond motifs is 19. The zero-order valence-corrected chi connectivity index (χ0v) is 41.1. The summed E-state index contributed by atoms with van der Waals surface area (Å²) in [4.78, 5) is 10.5. The Hall–Kier alpha value is -8.00. The van der Waals surface area contributed by atoms with E-state index >= 15 is 0 Å². The van der Waals surface area contributed by atoms with Gasteiger partial charge in [-0.25, -0.2) is 9.97 Å². The maximum Gasteiger partial charge on any atom is 0.160 e. The summed E-state index contributed by atoms with van der Waals surface area (Å²) in [6, 6.07) is 74.3. The second-order valence-corrected chi connectivity index (χ2v) is 22.8. The van der Waals surface area contributed by atoms with E-state index in [2.05, 4.69) is 213 Å². The van der Waals surface area contributed by atoms with Crippen LogP contribution in [0.3, 0.4) is 0 Å². The molecule has 332 valence electrons. The van der Waals surface area contributed by atoms with E-state index in [0.29, 0.717) is 0 Å². The minimum Gasteiger partial charge on any atom is -0.309 e. The molecule has 15 aromatic rings. The van der Waals surface area contributed by atoms with Crippen LogP contribution in [0.1, 0.15) is 25.0 Å². The van der Waals surface area contributed by atoms with Gasteiger partial charge in [0, 0.05) is 94.2 Å². The van der Waals surface area contributed by atoms with Crippen LogP contribution < -0.4 is 0 Å². The van der Waals surface area contributed by atoms with Gasteiger partial charge in [0.2, 0.25) is 0 Å². The lowest BCUT2D eigenvalue weighted by molar-refractivity contribution is 0.660. The van der Waals surface area contributed by atoms with E-state index < -0.39 is 0 Å². The van der Waals surface area contributed by atoms with Gasteiger partial charge in [0.15, 0.2) is 5.82 Å². The highest BCUT2D eigenvalue weighted by Crippen LogP contribution is 2.52. The van der Waals surface area contributed by atoms with Gasteiger partial charge in [0.05, 0.1) is 26.9 Å². The molecule has 0 N–H and O–H groups in total. The Morgan fingerprint density at radius 1 is 0.394 bits per heavy atom. The molecular formula is C65H39N3S3. The van der Waals surface area contributed by atoms with E-state index in [-0.39, 0.29) is 5.41 Å². The molecule has 71 heavy (non-hydrogen) atoms. The van der Waals surface area contributed by atoms with Crippen LogP contribution in [-0.2, 0) is 5.41 Å². The predicted molar refractivity (Wildman–Crippen MR) is 306 cm³/mol. The van der Waals surface area contributed by atoms with E-state index in [0.717, 1.165) is 38.5 Å². The Morgan fingerprint density at radius 2 is 1.04 bits per heavy atom. The molecule has 0 spiro atoms. The van der Waals surface area contributed by atoms with Crippen molar-refractivity contribution < 1.29 is 0 Å².